The maximum absolute atomic E-state index is 9.72. The van der Waals surface area contributed by atoms with Gasteiger partial charge in [0.1, 0.15) is 0 Å². The monoisotopic (exact) mass is 289 g/mol. The Morgan fingerprint density at radius 2 is 2.15 bits per heavy atom. The molecular weight excluding hydrogens is 258 g/mol. The summed E-state index contributed by atoms with van der Waals surface area (Å²) in [4.78, 5) is 0. The minimum absolute atomic E-state index is 0.365. The fourth-order valence-electron chi connectivity index (χ4n) is 2.15. The third-order valence-corrected chi connectivity index (χ3v) is 3.37. The SMILES string of the molecule is CCCCOCCOCC(O)CNCCC1CCCO1. The van der Waals surface area contributed by atoms with Crippen molar-refractivity contribution in [2.24, 2.45) is 0 Å². The number of aliphatic hydroxyl groups is 1. The second-order valence-corrected chi connectivity index (χ2v) is 5.32. The third kappa shape index (κ3) is 9.66. The van der Waals surface area contributed by atoms with Crippen LogP contribution in [0.15, 0.2) is 0 Å². The number of rotatable bonds is 13. The van der Waals surface area contributed by atoms with Crippen LogP contribution in [0, 0.1) is 0 Å². The molecule has 2 N–H and O–H groups in total. The number of unbranched alkanes of at least 4 members (excludes halogenated alkanes) is 1. The zero-order chi connectivity index (χ0) is 14.5. The van der Waals surface area contributed by atoms with Crippen LogP contribution in [0.1, 0.15) is 39.0 Å². The Morgan fingerprint density at radius 1 is 1.30 bits per heavy atom. The molecule has 0 aliphatic carbocycles. The van der Waals surface area contributed by atoms with Crippen LogP contribution < -0.4 is 5.32 Å². The lowest BCUT2D eigenvalue weighted by molar-refractivity contribution is 0.00367. The summed E-state index contributed by atoms with van der Waals surface area (Å²) in [6, 6.07) is 0. The molecule has 1 aliphatic rings. The van der Waals surface area contributed by atoms with Crippen molar-refractivity contribution in [2.75, 3.05) is 46.1 Å². The summed E-state index contributed by atoms with van der Waals surface area (Å²) in [5.74, 6) is 0. The van der Waals surface area contributed by atoms with E-state index in [9.17, 15) is 5.11 Å². The Bertz CT molecular complexity index is 210. The molecule has 1 heterocycles. The minimum Gasteiger partial charge on any atom is -0.389 e. The molecule has 0 bridgehead atoms. The van der Waals surface area contributed by atoms with Gasteiger partial charge in [-0.2, -0.15) is 0 Å². The van der Waals surface area contributed by atoms with Gasteiger partial charge in [0.05, 0.1) is 32.0 Å². The Morgan fingerprint density at radius 3 is 2.90 bits per heavy atom. The smallest absolute Gasteiger partial charge is 0.0897 e. The minimum atomic E-state index is -0.449. The largest absolute Gasteiger partial charge is 0.389 e. The highest BCUT2D eigenvalue weighted by atomic mass is 16.5. The number of nitrogens with one attached hydrogen (secondary N) is 1. The van der Waals surface area contributed by atoms with E-state index in [0.717, 1.165) is 39.0 Å². The van der Waals surface area contributed by atoms with Gasteiger partial charge >= 0.3 is 0 Å². The molecule has 0 spiro atoms. The second kappa shape index (κ2) is 12.5. The lowest BCUT2D eigenvalue weighted by atomic mass is 10.2. The van der Waals surface area contributed by atoms with E-state index in [2.05, 4.69) is 12.2 Å². The highest BCUT2D eigenvalue weighted by Crippen LogP contribution is 2.14. The number of hydrogen-bond acceptors (Lipinski definition) is 5. The number of hydrogen-bond donors (Lipinski definition) is 2. The third-order valence-electron chi connectivity index (χ3n) is 3.37. The van der Waals surface area contributed by atoms with Crippen LogP contribution in [-0.2, 0) is 14.2 Å². The van der Waals surface area contributed by atoms with E-state index in [4.69, 9.17) is 14.2 Å². The molecule has 0 saturated carbocycles. The van der Waals surface area contributed by atoms with Crippen LogP contribution in [0.5, 0.6) is 0 Å². The van der Waals surface area contributed by atoms with Crippen LogP contribution >= 0.6 is 0 Å². The highest BCUT2D eigenvalue weighted by molar-refractivity contribution is 4.67. The molecule has 0 aromatic carbocycles. The van der Waals surface area contributed by atoms with Crippen molar-refractivity contribution in [2.45, 2.75) is 51.2 Å². The summed E-state index contributed by atoms with van der Waals surface area (Å²) >= 11 is 0. The first-order valence-electron chi connectivity index (χ1n) is 7.98. The molecule has 0 radical (unpaired) electrons. The normalized spacial score (nSPS) is 20.4. The van der Waals surface area contributed by atoms with E-state index < -0.39 is 6.10 Å². The summed E-state index contributed by atoms with van der Waals surface area (Å²) in [5.41, 5.74) is 0. The molecule has 120 valence electrons. The summed E-state index contributed by atoms with van der Waals surface area (Å²) in [5, 5.41) is 13.0. The van der Waals surface area contributed by atoms with Gasteiger partial charge in [0.25, 0.3) is 0 Å². The van der Waals surface area contributed by atoms with Gasteiger partial charge in [0, 0.05) is 19.8 Å². The van der Waals surface area contributed by atoms with Gasteiger partial charge in [0.2, 0.25) is 0 Å². The molecule has 0 aromatic heterocycles. The van der Waals surface area contributed by atoms with Crippen molar-refractivity contribution in [3.8, 4) is 0 Å². The summed E-state index contributed by atoms with van der Waals surface area (Å²) in [6.07, 6.45) is 5.59. The predicted octanol–water partition coefficient (Wildman–Crippen LogP) is 1.34. The van der Waals surface area contributed by atoms with Crippen molar-refractivity contribution in [1.29, 1.82) is 0 Å². The van der Waals surface area contributed by atoms with Crippen LogP contribution in [-0.4, -0.2) is 63.4 Å². The highest BCUT2D eigenvalue weighted by Gasteiger charge is 2.14. The first kappa shape index (κ1) is 17.9. The van der Waals surface area contributed by atoms with Crippen LogP contribution in [0.2, 0.25) is 0 Å². The van der Waals surface area contributed by atoms with E-state index in [1.165, 1.54) is 12.8 Å². The van der Waals surface area contributed by atoms with Crippen LogP contribution in [0.25, 0.3) is 0 Å². The average molecular weight is 289 g/mol. The van der Waals surface area contributed by atoms with E-state index in [-0.39, 0.29) is 0 Å². The van der Waals surface area contributed by atoms with Gasteiger partial charge in [-0.15, -0.1) is 0 Å². The van der Waals surface area contributed by atoms with E-state index in [1.54, 1.807) is 0 Å². The van der Waals surface area contributed by atoms with E-state index in [0.29, 0.717) is 32.5 Å². The zero-order valence-corrected chi connectivity index (χ0v) is 12.8. The number of aliphatic hydroxyl groups excluding tert-OH is 1. The first-order valence-corrected chi connectivity index (χ1v) is 7.98. The van der Waals surface area contributed by atoms with E-state index >= 15 is 0 Å². The fourth-order valence-corrected chi connectivity index (χ4v) is 2.15. The molecule has 0 amide bonds. The molecule has 5 heteroatoms. The van der Waals surface area contributed by atoms with Crippen LogP contribution in [0.4, 0.5) is 0 Å². The maximum atomic E-state index is 9.72. The van der Waals surface area contributed by atoms with Gasteiger partial charge in [-0.25, -0.2) is 0 Å². The Balaban J connectivity index is 1.79. The number of ether oxygens (including phenoxy) is 3. The molecule has 1 fully saturated rings. The standard InChI is InChI=1S/C15H31NO4/c1-2-3-8-18-10-11-19-13-14(17)12-16-7-6-15-5-4-9-20-15/h14-17H,2-13H2,1H3. The summed E-state index contributed by atoms with van der Waals surface area (Å²) in [7, 11) is 0. The molecule has 1 rings (SSSR count). The van der Waals surface area contributed by atoms with Gasteiger partial charge < -0.3 is 24.6 Å². The maximum Gasteiger partial charge on any atom is 0.0897 e. The molecule has 1 saturated heterocycles. The zero-order valence-electron chi connectivity index (χ0n) is 12.8. The molecule has 2 unspecified atom stereocenters. The molecule has 1 aliphatic heterocycles. The average Bonchev–Trinajstić information content (AvgIpc) is 2.96. The Labute approximate surface area is 123 Å². The molecule has 0 aromatic rings. The lowest BCUT2D eigenvalue weighted by Gasteiger charge is -2.14. The van der Waals surface area contributed by atoms with Crippen molar-refractivity contribution in [3.05, 3.63) is 0 Å². The quantitative estimate of drug-likeness (QED) is 0.501. The second-order valence-electron chi connectivity index (χ2n) is 5.32. The van der Waals surface area contributed by atoms with Gasteiger partial charge in [0.15, 0.2) is 0 Å². The van der Waals surface area contributed by atoms with Crippen molar-refractivity contribution in [1.82, 2.24) is 5.32 Å². The predicted molar refractivity (Wildman–Crippen MR) is 79.0 cm³/mol. The van der Waals surface area contributed by atoms with Gasteiger partial charge in [-0.3, -0.25) is 0 Å². The lowest BCUT2D eigenvalue weighted by Crippen LogP contribution is -2.32. The van der Waals surface area contributed by atoms with E-state index in [1.807, 2.05) is 0 Å². The fraction of sp³-hybridized carbons (Fsp3) is 1.00. The van der Waals surface area contributed by atoms with Crippen molar-refractivity contribution >= 4 is 0 Å². The molecule has 20 heavy (non-hydrogen) atoms. The van der Waals surface area contributed by atoms with Gasteiger partial charge in [-0.1, -0.05) is 13.3 Å². The van der Waals surface area contributed by atoms with Gasteiger partial charge in [-0.05, 0) is 32.2 Å². The van der Waals surface area contributed by atoms with Crippen LogP contribution in [0.3, 0.4) is 0 Å². The topological polar surface area (TPSA) is 60.0 Å². The molecule has 5 nitrogen and oxygen atoms in total. The van der Waals surface area contributed by atoms with Crippen molar-refractivity contribution < 1.29 is 19.3 Å². The Kier molecular flexibility index (Phi) is 11.2. The molecule has 2 atom stereocenters. The summed E-state index contributed by atoms with van der Waals surface area (Å²) in [6.45, 7) is 6.84. The Hall–Kier alpha value is -0.200. The first-order chi connectivity index (χ1) is 9.83. The summed E-state index contributed by atoms with van der Waals surface area (Å²) < 4.78 is 16.3. The van der Waals surface area contributed by atoms with Crippen molar-refractivity contribution in [3.63, 3.8) is 0 Å². The molecular formula is C15H31NO4.